The maximum Gasteiger partial charge on any atom is 0.0653 e. The van der Waals surface area contributed by atoms with Gasteiger partial charge in [0.1, 0.15) is 0 Å². The molecule has 11 heavy (non-hydrogen) atoms. The normalized spacial score (nSPS) is 16.9. The van der Waals surface area contributed by atoms with Crippen LogP contribution >= 0.6 is 34.4 Å². The summed E-state index contributed by atoms with van der Waals surface area (Å²) in [5.74, 6) is 1.27. The molecule has 0 saturated heterocycles. The number of halogens is 1. The first-order valence-corrected chi connectivity index (χ1v) is 6.51. The largest absolute Gasteiger partial charge is 0.392 e. The molecule has 0 aromatic rings. The Labute approximate surface area is 87.5 Å². The molecule has 2 unspecified atom stereocenters. The Kier molecular flexibility index (Phi) is 7.16. The molecule has 0 spiro atoms. The molecular weight excluding hydrogens is 271 g/mol. The fourth-order valence-electron chi connectivity index (χ4n) is 0.500. The van der Waals surface area contributed by atoms with Gasteiger partial charge in [-0.1, -0.05) is 43.4 Å². The second-order valence-corrected chi connectivity index (χ2v) is 5.46. The zero-order valence-corrected chi connectivity index (χ0v) is 10.4. The topological polar surface area (TPSA) is 20.2 Å². The molecule has 0 saturated carbocycles. The highest BCUT2D eigenvalue weighted by molar-refractivity contribution is 14.1. The first kappa shape index (κ1) is 12.0. The van der Waals surface area contributed by atoms with Crippen molar-refractivity contribution in [3.05, 3.63) is 0 Å². The summed E-state index contributed by atoms with van der Waals surface area (Å²) in [6.07, 6.45) is -0.134. The highest BCUT2D eigenvalue weighted by Crippen LogP contribution is 2.16. The number of hydrogen-bond acceptors (Lipinski definition) is 2. The van der Waals surface area contributed by atoms with Gasteiger partial charge in [-0.25, -0.2) is 0 Å². The van der Waals surface area contributed by atoms with Crippen molar-refractivity contribution in [3.63, 3.8) is 0 Å². The van der Waals surface area contributed by atoms with Crippen LogP contribution in [0, 0.1) is 5.92 Å². The van der Waals surface area contributed by atoms with Gasteiger partial charge in [-0.3, -0.25) is 0 Å². The fourth-order valence-corrected chi connectivity index (χ4v) is 2.26. The molecule has 3 heteroatoms. The van der Waals surface area contributed by atoms with Crippen LogP contribution in [0.1, 0.15) is 20.8 Å². The van der Waals surface area contributed by atoms with Gasteiger partial charge in [0.2, 0.25) is 0 Å². The summed E-state index contributed by atoms with van der Waals surface area (Å²) >= 11 is 4.23. The van der Waals surface area contributed by atoms with Crippen molar-refractivity contribution >= 4 is 34.4 Å². The monoisotopic (exact) mass is 288 g/mol. The molecule has 0 amide bonds. The molecule has 68 valence electrons. The third kappa shape index (κ3) is 6.22. The quantitative estimate of drug-likeness (QED) is 0.620. The summed E-state index contributed by atoms with van der Waals surface area (Å²) in [4.78, 5) is 0. The predicted octanol–water partition coefficient (Wildman–Crippen LogP) is 2.56. The Morgan fingerprint density at radius 2 is 1.91 bits per heavy atom. The highest BCUT2D eigenvalue weighted by atomic mass is 127. The molecule has 0 fully saturated rings. The average Bonchev–Trinajstić information content (AvgIpc) is 1.99. The third-order valence-electron chi connectivity index (χ3n) is 1.54. The number of alkyl halides is 1. The maximum absolute atomic E-state index is 9.45. The molecular formula is C8H17IOS. The SMILES string of the molecule is CC(CI)SCC(O)C(C)C. The minimum absolute atomic E-state index is 0.134. The van der Waals surface area contributed by atoms with Gasteiger partial charge in [0.05, 0.1) is 6.10 Å². The summed E-state index contributed by atoms with van der Waals surface area (Å²) in [7, 11) is 0. The van der Waals surface area contributed by atoms with Gasteiger partial charge in [-0.15, -0.1) is 0 Å². The van der Waals surface area contributed by atoms with Crippen LogP contribution in [0.4, 0.5) is 0 Å². The van der Waals surface area contributed by atoms with Gasteiger partial charge in [0.25, 0.3) is 0 Å². The first-order valence-electron chi connectivity index (χ1n) is 3.93. The van der Waals surface area contributed by atoms with Crippen molar-refractivity contribution in [3.8, 4) is 0 Å². The number of hydrogen-bond donors (Lipinski definition) is 1. The lowest BCUT2D eigenvalue weighted by Gasteiger charge is -2.15. The van der Waals surface area contributed by atoms with E-state index in [4.69, 9.17) is 0 Å². The molecule has 0 rings (SSSR count). The first-order chi connectivity index (χ1) is 5.07. The predicted molar refractivity (Wildman–Crippen MR) is 61.7 cm³/mol. The van der Waals surface area contributed by atoms with E-state index in [1.54, 1.807) is 0 Å². The number of rotatable bonds is 5. The van der Waals surface area contributed by atoms with Crippen molar-refractivity contribution in [1.82, 2.24) is 0 Å². The fraction of sp³-hybridized carbons (Fsp3) is 1.00. The summed E-state index contributed by atoms with van der Waals surface area (Å²) in [5, 5.41) is 10.1. The number of aliphatic hydroxyl groups excluding tert-OH is 1. The van der Waals surface area contributed by atoms with Gasteiger partial charge in [-0.2, -0.15) is 11.8 Å². The van der Waals surface area contributed by atoms with E-state index in [-0.39, 0.29) is 6.10 Å². The summed E-state index contributed by atoms with van der Waals surface area (Å²) in [5.41, 5.74) is 0. The van der Waals surface area contributed by atoms with Crippen LogP contribution < -0.4 is 0 Å². The lowest BCUT2D eigenvalue weighted by Crippen LogP contribution is -2.19. The number of aliphatic hydroxyl groups is 1. The van der Waals surface area contributed by atoms with Crippen LogP contribution in [0.2, 0.25) is 0 Å². The second kappa shape index (κ2) is 6.54. The molecule has 0 aliphatic heterocycles. The second-order valence-electron chi connectivity index (χ2n) is 3.11. The van der Waals surface area contributed by atoms with Crippen LogP contribution in [-0.2, 0) is 0 Å². The molecule has 0 aromatic heterocycles. The smallest absolute Gasteiger partial charge is 0.0653 e. The Morgan fingerprint density at radius 3 is 2.27 bits per heavy atom. The van der Waals surface area contributed by atoms with Crippen molar-refractivity contribution in [1.29, 1.82) is 0 Å². The molecule has 0 aromatic carbocycles. The van der Waals surface area contributed by atoms with Gasteiger partial charge in [0, 0.05) is 15.4 Å². The molecule has 2 atom stereocenters. The third-order valence-corrected chi connectivity index (χ3v) is 4.73. The summed E-state index contributed by atoms with van der Waals surface area (Å²) in [6, 6.07) is 0. The van der Waals surface area contributed by atoms with Crippen molar-refractivity contribution < 1.29 is 5.11 Å². The van der Waals surface area contributed by atoms with Gasteiger partial charge in [0.15, 0.2) is 0 Å². The lowest BCUT2D eigenvalue weighted by atomic mass is 10.1. The number of thioether (sulfide) groups is 1. The van der Waals surface area contributed by atoms with E-state index in [1.807, 2.05) is 11.8 Å². The molecule has 0 radical (unpaired) electrons. The molecule has 0 aliphatic rings. The van der Waals surface area contributed by atoms with Crippen LogP contribution in [-0.4, -0.2) is 26.6 Å². The van der Waals surface area contributed by atoms with Gasteiger partial charge >= 0.3 is 0 Å². The molecule has 1 N–H and O–H groups in total. The van der Waals surface area contributed by atoms with E-state index in [9.17, 15) is 5.11 Å². The van der Waals surface area contributed by atoms with E-state index in [2.05, 4.69) is 43.4 Å². The van der Waals surface area contributed by atoms with Crippen molar-refractivity contribution in [2.45, 2.75) is 32.1 Å². The minimum Gasteiger partial charge on any atom is -0.392 e. The van der Waals surface area contributed by atoms with E-state index in [1.165, 1.54) is 0 Å². The summed E-state index contributed by atoms with van der Waals surface area (Å²) in [6.45, 7) is 6.31. The van der Waals surface area contributed by atoms with E-state index in [0.717, 1.165) is 10.2 Å². The van der Waals surface area contributed by atoms with Gasteiger partial charge in [-0.05, 0) is 5.92 Å². The van der Waals surface area contributed by atoms with Crippen LogP contribution in [0.5, 0.6) is 0 Å². The standard InChI is InChI=1S/C8H17IOS/c1-6(2)8(10)5-11-7(3)4-9/h6-8,10H,4-5H2,1-3H3. The molecule has 1 nitrogen and oxygen atoms in total. The van der Waals surface area contributed by atoms with Crippen LogP contribution in [0.15, 0.2) is 0 Å². The Morgan fingerprint density at radius 1 is 1.36 bits per heavy atom. The van der Waals surface area contributed by atoms with Crippen molar-refractivity contribution in [2.75, 3.05) is 10.2 Å². The molecule has 0 heterocycles. The Bertz CT molecular complexity index is 98.1. The minimum atomic E-state index is -0.134. The average molecular weight is 288 g/mol. The van der Waals surface area contributed by atoms with Crippen LogP contribution in [0.25, 0.3) is 0 Å². The molecule has 0 aliphatic carbocycles. The zero-order chi connectivity index (χ0) is 8.85. The lowest BCUT2D eigenvalue weighted by molar-refractivity contribution is 0.149. The van der Waals surface area contributed by atoms with E-state index < -0.39 is 0 Å². The summed E-state index contributed by atoms with van der Waals surface area (Å²) < 4.78 is 1.16. The van der Waals surface area contributed by atoms with Gasteiger partial charge < -0.3 is 5.11 Å². The zero-order valence-electron chi connectivity index (χ0n) is 7.38. The Balaban J connectivity index is 3.37. The highest BCUT2D eigenvalue weighted by Gasteiger charge is 2.10. The van der Waals surface area contributed by atoms with Crippen molar-refractivity contribution in [2.24, 2.45) is 5.92 Å². The van der Waals surface area contributed by atoms with E-state index >= 15 is 0 Å². The Hall–Kier alpha value is 1.04. The van der Waals surface area contributed by atoms with E-state index in [0.29, 0.717) is 11.2 Å². The maximum atomic E-state index is 9.45. The molecule has 0 bridgehead atoms. The van der Waals surface area contributed by atoms with Crippen LogP contribution in [0.3, 0.4) is 0 Å².